The zero-order valence-corrected chi connectivity index (χ0v) is 11.7. The summed E-state index contributed by atoms with van der Waals surface area (Å²) in [4.78, 5) is 24.1. The molecule has 0 atom stereocenters. The zero-order valence-electron chi connectivity index (χ0n) is 11.7. The molecule has 5 nitrogen and oxygen atoms in total. The Kier molecular flexibility index (Phi) is 10.3. The van der Waals surface area contributed by atoms with E-state index in [1.807, 2.05) is 0 Å². The van der Waals surface area contributed by atoms with E-state index in [0.29, 0.717) is 39.1 Å². The normalized spacial score (nSPS) is 10.4. The molecule has 0 spiro atoms. The Morgan fingerprint density at radius 1 is 0.833 bits per heavy atom. The molecule has 0 aliphatic carbocycles. The summed E-state index contributed by atoms with van der Waals surface area (Å²) in [6, 6.07) is 0. The Balaban J connectivity index is 3.77. The van der Waals surface area contributed by atoms with Gasteiger partial charge in [-0.3, -0.25) is 14.5 Å². The topological polar surface area (TPSA) is 55.8 Å². The number of hydrogen-bond donors (Lipinski definition) is 0. The molecule has 0 aliphatic heterocycles. The maximum Gasteiger partial charge on any atom is 0.305 e. The Bertz CT molecular complexity index is 221. The second-order valence-corrected chi connectivity index (χ2v) is 3.99. The van der Waals surface area contributed by atoms with Gasteiger partial charge in [0.1, 0.15) is 13.2 Å². The first-order valence-corrected chi connectivity index (χ1v) is 6.67. The van der Waals surface area contributed by atoms with Gasteiger partial charge < -0.3 is 9.47 Å². The summed E-state index contributed by atoms with van der Waals surface area (Å²) in [5.74, 6) is -0.354. The highest BCUT2D eigenvalue weighted by molar-refractivity contribution is 5.69. The van der Waals surface area contributed by atoms with Gasteiger partial charge in [-0.1, -0.05) is 20.8 Å². The van der Waals surface area contributed by atoms with Crippen LogP contribution in [0.2, 0.25) is 0 Å². The maximum absolute atomic E-state index is 11.0. The van der Waals surface area contributed by atoms with Crippen molar-refractivity contribution >= 4 is 11.9 Å². The predicted molar refractivity (Wildman–Crippen MR) is 69.2 cm³/mol. The van der Waals surface area contributed by atoms with E-state index in [9.17, 15) is 9.59 Å². The molecular formula is C13H25NO4. The van der Waals surface area contributed by atoms with Crippen LogP contribution in [0.5, 0.6) is 0 Å². The van der Waals surface area contributed by atoms with Crippen molar-refractivity contribution in [3.05, 3.63) is 0 Å². The minimum atomic E-state index is -0.177. The smallest absolute Gasteiger partial charge is 0.305 e. The monoisotopic (exact) mass is 259 g/mol. The molecule has 0 aromatic rings. The van der Waals surface area contributed by atoms with Crippen LogP contribution in [0, 0.1) is 0 Å². The largest absolute Gasteiger partial charge is 0.464 e. The minimum absolute atomic E-state index is 0.177. The number of rotatable bonds is 10. The second-order valence-electron chi connectivity index (χ2n) is 3.99. The van der Waals surface area contributed by atoms with Gasteiger partial charge in [-0.05, 0) is 13.0 Å². The fraction of sp³-hybridized carbons (Fsp3) is 0.846. The molecule has 0 bridgehead atoms. The number of ether oxygens (including phenoxy) is 2. The molecule has 0 saturated heterocycles. The SMILES string of the molecule is CCCN(CCOC(=O)CC)CCOC(=O)CC. The zero-order chi connectivity index (χ0) is 13.8. The lowest BCUT2D eigenvalue weighted by Gasteiger charge is -2.21. The summed E-state index contributed by atoms with van der Waals surface area (Å²) in [6.45, 7) is 8.71. The van der Waals surface area contributed by atoms with Crippen molar-refractivity contribution in [3.8, 4) is 0 Å². The van der Waals surface area contributed by atoms with E-state index in [-0.39, 0.29) is 11.9 Å². The lowest BCUT2D eigenvalue weighted by atomic mass is 10.4. The molecule has 0 aliphatic rings. The van der Waals surface area contributed by atoms with Crippen LogP contribution in [0.4, 0.5) is 0 Å². The van der Waals surface area contributed by atoms with Crippen LogP contribution >= 0.6 is 0 Å². The van der Waals surface area contributed by atoms with Gasteiger partial charge in [-0.15, -0.1) is 0 Å². The van der Waals surface area contributed by atoms with Gasteiger partial charge in [-0.2, -0.15) is 0 Å². The lowest BCUT2D eigenvalue weighted by molar-refractivity contribution is -0.144. The van der Waals surface area contributed by atoms with Crippen molar-refractivity contribution in [1.29, 1.82) is 0 Å². The van der Waals surface area contributed by atoms with Crippen LogP contribution in [-0.2, 0) is 19.1 Å². The van der Waals surface area contributed by atoms with Crippen molar-refractivity contribution in [1.82, 2.24) is 4.90 Å². The molecule has 0 amide bonds. The molecule has 0 heterocycles. The molecule has 5 heteroatoms. The maximum atomic E-state index is 11.0. The third-order valence-corrected chi connectivity index (χ3v) is 2.46. The van der Waals surface area contributed by atoms with Gasteiger partial charge in [-0.25, -0.2) is 0 Å². The first-order valence-electron chi connectivity index (χ1n) is 6.67. The number of carbonyl (C=O) groups is 2. The van der Waals surface area contributed by atoms with Gasteiger partial charge in [0.05, 0.1) is 0 Å². The van der Waals surface area contributed by atoms with Crippen molar-refractivity contribution < 1.29 is 19.1 Å². The van der Waals surface area contributed by atoms with Gasteiger partial charge in [0, 0.05) is 25.9 Å². The Hall–Kier alpha value is -1.10. The van der Waals surface area contributed by atoms with Crippen LogP contribution in [0.1, 0.15) is 40.0 Å². The summed E-state index contributed by atoms with van der Waals surface area (Å²) < 4.78 is 10.1. The van der Waals surface area contributed by atoms with E-state index < -0.39 is 0 Å². The predicted octanol–water partition coefficient (Wildman–Crippen LogP) is 1.60. The van der Waals surface area contributed by atoms with Crippen molar-refractivity contribution in [2.24, 2.45) is 0 Å². The third-order valence-electron chi connectivity index (χ3n) is 2.46. The summed E-state index contributed by atoms with van der Waals surface area (Å²) in [5.41, 5.74) is 0. The van der Waals surface area contributed by atoms with E-state index in [1.54, 1.807) is 13.8 Å². The first-order chi connectivity index (χ1) is 8.63. The Morgan fingerprint density at radius 2 is 1.28 bits per heavy atom. The lowest BCUT2D eigenvalue weighted by Crippen LogP contribution is -2.32. The summed E-state index contributed by atoms with van der Waals surface area (Å²) in [7, 11) is 0. The molecule has 0 fully saturated rings. The molecule has 0 aromatic carbocycles. The molecule has 0 N–H and O–H groups in total. The fourth-order valence-electron chi connectivity index (χ4n) is 1.43. The van der Waals surface area contributed by atoms with Gasteiger partial charge >= 0.3 is 11.9 Å². The summed E-state index contributed by atoms with van der Waals surface area (Å²) >= 11 is 0. The average molecular weight is 259 g/mol. The van der Waals surface area contributed by atoms with E-state index in [0.717, 1.165) is 13.0 Å². The summed E-state index contributed by atoms with van der Waals surface area (Å²) in [5, 5.41) is 0. The number of esters is 2. The van der Waals surface area contributed by atoms with Crippen LogP contribution in [0.15, 0.2) is 0 Å². The molecule has 106 valence electrons. The van der Waals surface area contributed by atoms with Crippen molar-refractivity contribution in [2.45, 2.75) is 40.0 Å². The van der Waals surface area contributed by atoms with Crippen molar-refractivity contribution in [3.63, 3.8) is 0 Å². The van der Waals surface area contributed by atoms with E-state index in [1.165, 1.54) is 0 Å². The van der Waals surface area contributed by atoms with Gasteiger partial charge in [0.15, 0.2) is 0 Å². The van der Waals surface area contributed by atoms with Crippen LogP contribution in [0.3, 0.4) is 0 Å². The second kappa shape index (κ2) is 11.0. The molecular weight excluding hydrogens is 234 g/mol. The minimum Gasteiger partial charge on any atom is -0.464 e. The quantitative estimate of drug-likeness (QED) is 0.558. The summed E-state index contributed by atoms with van der Waals surface area (Å²) in [6.07, 6.45) is 1.83. The third kappa shape index (κ3) is 8.98. The number of carbonyl (C=O) groups excluding carboxylic acids is 2. The van der Waals surface area contributed by atoms with Crippen LogP contribution in [0.25, 0.3) is 0 Å². The molecule has 0 unspecified atom stereocenters. The molecule has 0 aromatic heterocycles. The fourth-order valence-corrected chi connectivity index (χ4v) is 1.43. The van der Waals surface area contributed by atoms with E-state index in [2.05, 4.69) is 11.8 Å². The van der Waals surface area contributed by atoms with Crippen LogP contribution in [-0.4, -0.2) is 49.7 Å². The Labute approximate surface area is 109 Å². The van der Waals surface area contributed by atoms with E-state index in [4.69, 9.17) is 9.47 Å². The van der Waals surface area contributed by atoms with Crippen LogP contribution < -0.4 is 0 Å². The Morgan fingerprint density at radius 3 is 1.61 bits per heavy atom. The molecule has 18 heavy (non-hydrogen) atoms. The first kappa shape index (κ1) is 16.9. The highest BCUT2D eigenvalue weighted by Crippen LogP contribution is 1.94. The highest BCUT2D eigenvalue weighted by Gasteiger charge is 2.07. The molecule has 0 rings (SSSR count). The molecule has 0 saturated carbocycles. The van der Waals surface area contributed by atoms with E-state index >= 15 is 0 Å². The van der Waals surface area contributed by atoms with Crippen molar-refractivity contribution in [2.75, 3.05) is 32.8 Å². The number of hydrogen-bond acceptors (Lipinski definition) is 5. The standard InChI is InChI=1S/C13H25NO4/c1-4-7-14(8-10-17-12(15)5-2)9-11-18-13(16)6-3/h4-11H2,1-3H3. The molecule has 0 radical (unpaired) electrons. The highest BCUT2D eigenvalue weighted by atomic mass is 16.5. The van der Waals surface area contributed by atoms with Gasteiger partial charge in [0.2, 0.25) is 0 Å². The van der Waals surface area contributed by atoms with Gasteiger partial charge in [0.25, 0.3) is 0 Å². The number of nitrogens with zero attached hydrogens (tertiary/aromatic N) is 1. The average Bonchev–Trinajstić information content (AvgIpc) is 2.38.